The van der Waals surface area contributed by atoms with Crippen molar-refractivity contribution in [1.29, 1.82) is 0 Å². The van der Waals surface area contributed by atoms with Crippen LogP contribution < -0.4 is 20.1 Å². The van der Waals surface area contributed by atoms with Crippen LogP contribution in [-0.2, 0) is 6.54 Å². The first-order chi connectivity index (χ1) is 10.9. The van der Waals surface area contributed by atoms with Crippen LogP contribution in [0.5, 0.6) is 11.9 Å². The molecule has 0 aliphatic rings. The molecule has 0 atom stereocenters. The van der Waals surface area contributed by atoms with E-state index in [4.69, 9.17) is 4.74 Å². The Labute approximate surface area is 133 Å². The van der Waals surface area contributed by atoms with Gasteiger partial charge >= 0.3 is 6.01 Å². The molecule has 0 aromatic carbocycles. The number of ether oxygens (including phenoxy) is 1. The second kappa shape index (κ2) is 6.86. The summed E-state index contributed by atoms with van der Waals surface area (Å²) < 4.78 is 6.82. The molecule has 2 heterocycles. The van der Waals surface area contributed by atoms with Crippen molar-refractivity contribution in [3.05, 3.63) is 35.1 Å². The minimum atomic E-state index is -0.240. The van der Waals surface area contributed by atoms with Crippen LogP contribution in [0.1, 0.15) is 0 Å². The summed E-state index contributed by atoms with van der Waals surface area (Å²) >= 11 is 0. The van der Waals surface area contributed by atoms with Crippen molar-refractivity contribution in [3.8, 4) is 11.9 Å². The Bertz CT molecular complexity index is 729. The number of allylic oxidation sites excluding steroid dienone is 1. The molecule has 2 aromatic heterocycles. The first-order valence-electron chi connectivity index (χ1n) is 6.88. The molecule has 2 rings (SSSR count). The monoisotopic (exact) mass is 317 g/mol. The van der Waals surface area contributed by atoms with Crippen molar-refractivity contribution in [2.45, 2.75) is 6.54 Å². The van der Waals surface area contributed by atoms with Gasteiger partial charge < -0.3 is 14.5 Å². The van der Waals surface area contributed by atoms with Gasteiger partial charge in [-0.1, -0.05) is 6.08 Å². The first kappa shape index (κ1) is 16.4. The number of rotatable bonds is 6. The maximum atomic E-state index is 11.6. The van der Waals surface area contributed by atoms with Crippen LogP contribution in [-0.4, -0.2) is 52.9 Å². The molecule has 0 aliphatic heterocycles. The quantitative estimate of drug-likeness (QED) is 0.713. The van der Waals surface area contributed by atoms with E-state index in [0.29, 0.717) is 18.4 Å². The van der Waals surface area contributed by atoms with Crippen molar-refractivity contribution in [3.63, 3.8) is 0 Å². The number of aromatic nitrogens is 5. The van der Waals surface area contributed by atoms with Gasteiger partial charge in [-0.25, -0.2) is 4.68 Å². The van der Waals surface area contributed by atoms with Crippen LogP contribution in [0.25, 0.3) is 0 Å². The summed E-state index contributed by atoms with van der Waals surface area (Å²) in [6.45, 7) is 3.88. The molecule has 0 fully saturated rings. The van der Waals surface area contributed by atoms with Gasteiger partial charge in [0.25, 0.3) is 5.56 Å². The zero-order chi connectivity index (χ0) is 17.0. The molecule has 122 valence electrons. The second-order valence-corrected chi connectivity index (χ2v) is 5.09. The molecule has 0 saturated heterocycles. The predicted molar refractivity (Wildman–Crippen MR) is 87.2 cm³/mol. The third-order valence-corrected chi connectivity index (χ3v) is 2.73. The average Bonchev–Trinajstić information content (AvgIpc) is 2.50. The van der Waals surface area contributed by atoms with E-state index in [1.54, 1.807) is 15.9 Å². The minimum absolute atomic E-state index is 0.101. The molecular weight excluding hydrogens is 298 g/mol. The van der Waals surface area contributed by atoms with Gasteiger partial charge in [0, 0.05) is 40.3 Å². The molecular formula is C14H19N7O2. The summed E-state index contributed by atoms with van der Waals surface area (Å²) in [6, 6.07) is 2.94. The van der Waals surface area contributed by atoms with Crippen LogP contribution in [0.4, 0.5) is 11.9 Å². The number of hydrogen-bond acceptors (Lipinski definition) is 8. The molecule has 9 heteroatoms. The molecule has 0 N–H and O–H groups in total. The van der Waals surface area contributed by atoms with E-state index in [1.807, 2.05) is 28.2 Å². The number of hydrogen-bond donors (Lipinski definition) is 0. The van der Waals surface area contributed by atoms with E-state index < -0.39 is 0 Å². The van der Waals surface area contributed by atoms with Crippen molar-refractivity contribution in [2.24, 2.45) is 0 Å². The van der Waals surface area contributed by atoms with Gasteiger partial charge in [-0.3, -0.25) is 4.79 Å². The molecule has 9 nitrogen and oxygen atoms in total. The lowest BCUT2D eigenvalue weighted by molar-refractivity contribution is 0.403. The highest BCUT2D eigenvalue weighted by Gasteiger charge is 2.12. The smallest absolute Gasteiger partial charge is 0.330 e. The van der Waals surface area contributed by atoms with E-state index in [9.17, 15) is 4.79 Å². The molecule has 0 bridgehead atoms. The number of nitrogens with zero attached hydrogens (tertiary/aromatic N) is 7. The lowest BCUT2D eigenvalue weighted by atomic mass is 10.5. The largest absolute Gasteiger partial charge is 0.403 e. The third kappa shape index (κ3) is 4.02. The Morgan fingerprint density at radius 2 is 1.74 bits per heavy atom. The van der Waals surface area contributed by atoms with Crippen LogP contribution in [0, 0.1) is 0 Å². The molecule has 0 radical (unpaired) electrons. The van der Waals surface area contributed by atoms with Gasteiger partial charge in [0.05, 0.1) is 6.54 Å². The van der Waals surface area contributed by atoms with Crippen molar-refractivity contribution >= 4 is 11.9 Å². The SMILES string of the molecule is C=CCn1nc(Oc2nc(N(C)C)nc(N(C)C)n2)ccc1=O. The second-order valence-electron chi connectivity index (χ2n) is 5.09. The highest BCUT2D eigenvalue weighted by molar-refractivity contribution is 5.38. The minimum Gasteiger partial charge on any atom is -0.403 e. The Balaban J connectivity index is 2.37. The molecule has 0 spiro atoms. The molecule has 0 saturated carbocycles. The maximum Gasteiger partial charge on any atom is 0.330 e. The Hall–Kier alpha value is -2.97. The standard InChI is InChI=1S/C14H19N7O2/c1-6-9-21-11(22)8-7-10(18-21)23-14-16-12(19(2)3)15-13(17-14)20(4)5/h6-8H,1,9H2,2-5H3. The molecule has 0 amide bonds. The van der Waals surface area contributed by atoms with Gasteiger partial charge in [0.2, 0.25) is 17.8 Å². The zero-order valence-electron chi connectivity index (χ0n) is 13.6. The van der Waals surface area contributed by atoms with Crippen molar-refractivity contribution in [1.82, 2.24) is 24.7 Å². The fourth-order valence-electron chi connectivity index (χ4n) is 1.61. The van der Waals surface area contributed by atoms with E-state index in [2.05, 4.69) is 26.6 Å². The maximum absolute atomic E-state index is 11.6. The summed E-state index contributed by atoms with van der Waals surface area (Å²) in [4.78, 5) is 27.9. The van der Waals surface area contributed by atoms with Gasteiger partial charge in [-0.15, -0.1) is 11.7 Å². The summed E-state index contributed by atoms with van der Waals surface area (Å²) in [7, 11) is 7.28. The van der Waals surface area contributed by atoms with Gasteiger partial charge in [-0.05, 0) is 0 Å². The van der Waals surface area contributed by atoms with Crippen LogP contribution in [0.3, 0.4) is 0 Å². The van der Waals surface area contributed by atoms with Crippen LogP contribution >= 0.6 is 0 Å². The van der Waals surface area contributed by atoms with Crippen LogP contribution in [0.15, 0.2) is 29.6 Å². The van der Waals surface area contributed by atoms with E-state index >= 15 is 0 Å². The summed E-state index contributed by atoms with van der Waals surface area (Å²) in [5.41, 5.74) is -0.240. The number of anilines is 2. The summed E-state index contributed by atoms with van der Waals surface area (Å²) in [6.07, 6.45) is 1.58. The van der Waals surface area contributed by atoms with E-state index in [0.717, 1.165) is 0 Å². The highest BCUT2D eigenvalue weighted by Crippen LogP contribution is 2.19. The average molecular weight is 317 g/mol. The fraction of sp³-hybridized carbons (Fsp3) is 0.357. The van der Waals surface area contributed by atoms with Gasteiger partial charge in [0.15, 0.2) is 0 Å². The fourth-order valence-corrected chi connectivity index (χ4v) is 1.61. The predicted octanol–water partition coefficient (Wildman–Crippen LogP) is 0.539. The van der Waals surface area contributed by atoms with Crippen LogP contribution in [0.2, 0.25) is 0 Å². The Morgan fingerprint density at radius 1 is 1.13 bits per heavy atom. The third-order valence-electron chi connectivity index (χ3n) is 2.73. The molecule has 2 aromatic rings. The van der Waals surface area contributed by atoms with Crippen molar-refractivity contribution < 1.29 is 4.74 Å². The molecule has 0 unspecified atom stereocenters. The van der Waals surface area contributed by atoms with Gasteiger partial charge in [0.1, 0.15) is 0 Å². The Kier molecular flexibility index (Phi) is 4.89. The Morgan fingerprint density at radius 3 is 2.26 bits per heavy atom. The first-order valence-corrected chi connectivity index (χ1v) is 6.88. The van der Waals surface area contributed by atoms with E-state index in [-0.39, 0.29) is 17.4 Å². The zero-order valence-corrected chi connectivity index (χ0v) is 13.6. The summed E-state index contributed by atoms with van der Waals surface area (Å²) in [5.74, 6) is 1.13. The summed E-state index contributed by atoms with van der Waals surface area (Å²) in [5, 5.41) is 4.09. The lowest BCUT2D eigenvalue weighted by Crippen LogP contribution is -2.22. The topological polar surface area (TPSA) is 89.3 Å². The molecule has 23 heavy (non-hydrogen) atoms. The van der Waals surface area contributed by atoms with Crippen molar-refractivity contribution in [2.75, 3.05) is 38.0 Å². The highest BCUT2D eigenvalue weighted by atomic mass is 16.5. The van der Waals surface area contributed by atoms with Gasteiger partial charge in [-0.2, -0.15) is 15.0 Å². The van der Waals surface area contributed by atoms with E-state index in [1.165, 1.54) is 16.8 Å². The molecule has 0 aliphatic carbocycles. The normalized spacial score (nSPS) is 10.3. The lowest BCUT2D eigenvalue weighted by Gasteiger charge is -2.15.